The molecule has 2 rings (SSSR count). The van der Waals surface area contributed by atoms with Crippen LogP contribution in [0.25, 0.3) is 0 Å². The quantitative estimate of drug-likeness (QED) is 0.440. The first-order valence-electron chi connectivity index (χ1n) is 9.02. The first kappa shape index (κ1) is 22.9. The average Bonchev–Trinajstić information content (AvgIpc) is 2.67. The van der Waals surface area contributed by atoms with E-state index in [0.29, 0.717) is 10.9 Å². The summed E-state index contributed by atoms with van der Waals surface area (Å²) in [6.07, 6.45) is -1.39. The standard InChI is InChI=1S/C19H25N3O6S/c1-14(2)28-21(13-19(23)18(20)11-15-7-4-3-5-8-15)29(26,27)17-10-6-9-16(12-17)22(24)25/h3-10,12,14,18-19,23H,11,13,20H2,1-2H3/t18-,19?/m0/s1. The summed E-state index contributed by atoms with van der Waals surface area (Å²) in [4.78, 5) is 15.4. The molecule has 0 radical (unpaired) electrons. The smallest absolute Gasteiger partial charge is 0.270 e. The molecule has 0 aliphatic rings. The van der Waals surface area contributed by atoms with Crippen LogP contribution in [0.15, 0.2) is 59.5 Å². The number of hydrogen-bond acceptors (Lipinski definition) is 7. The van der Waals surface area contributed by atoms with Crippen LogP contribution in [-0.4, -0.2) is 47.7 Å². The fourth-order valence-electron chi connectivity index (χ4n) is 2.62. The Labute approximate surface area is 169 Å². The van der Waals surface area contributed by atoms with Gasteiger partial charge < -0.3 is 10.8 Å². The minimum atomic E-state index is -4.26. The molecule has 2 atom stereocenters. The van der Waals surface area contributed by atoms with Crippen LogP contribution in [0.2, 0.25) is 0 Å². The van der Waals surface area contributed by atoms with Crippen molar-refractivity contribution in [3.8, 4) is 0 Å². The lowest BCUT2D eigenvalue weighted by molar-refractivity contribution is -0.385. The van der Waals surface area contributed by atoms with Gasteiger partial charge in [-0.2, -0.15) is 0 Å². The molecule has 29 heavy (non-hydrogen) atoms. The Hall–Kier alpha value is -2.37. The van der Waals surface area contributed by atoms with Gasteiger partial charge in [-0.3, -0.25) is 15.0 Å². The Morgan fingerprint density at radius 2 is 1.83 bits per heavy atom. The van der Waals surface area contributed by atoms with Crippen LogP contribution in [0.5, 0.6) is 0 Å². The van der Waals surface area contributed by atoms with Gasteiger partial charge >= 0.3 is 0 Å². The maximum Gasteiger partial charge on any atom is 0.270 e. The number of hydrogen-bond donors (Lipinski definition) is 2. The normalized spacial score (nSPS) is 14.1. The summed E-state index contributed by atoms with van der Waals surface area (Å²) < 4.78 is 26.6. The molecule has 10 heteroatoms. The van der Waals surface area contributed by atoms with Crippen LogP contribution >= 0.6 is 0 Å². The molecule has 3 N–H and O–H groups in total. The molecule has 0 saturated carbocycles. The molecule has 0 fully saturated rings. The summed E-state index contributed by atoms with van der Waals surface area (Å²) in [7, 11) is -4.26. The second-order valence-electron chi connectivity index (χ2n) is 6.82. The van der Waals surface area contributed by atoms with Crippen molar-refractivity contribution in [2.24, 2.45) is 5.73 Å². The lowest BCUT2D eigenvalue weighted by Gasteiger charge is -2.28. The van der Waals surface area contributed by atoms with Gasteiger partial charge in [0.05, 0.1) is 28.6 Å². The van der Waals surface area contributed by atoms with Crippen molar-refractivity contribution in [1.29, 1.82) is 0 Å². The third-order valence-corrected chi connectivity index (χ3v) is 5.69. The predicted molar refractivity (Wildman–Crippen MR) is 107 cm³/mol. The van der Waals surface area contributed by atoms with Gasteiger partial charge in [0, 0.05) is 18.2 Å². The first-order chi connectivity index (χ1) is 13.6. The largest absolute Gasteiger partial charge is 0.390 e. The van der Waals surface area contributed by atoms with E-state index in [1.165, 1.54) is 18.2 Å². The number of nitrogens with zero attached hydrogens (tertiary/aromatic N) is 2. The maximum absolute atomic E-state index is 13.0. The average molecular weight is 423 g/mol. The number of benzene rings is 2. The van der Waals surface area contributed by atoms with Crippen LogP contribution in [0.3, 0.4) is 0 Å². The van der Waals surface area contributed by atoms with E-state index in [1.54, 1.807) is 13.8 Å². The number of hydroxylamine groups is 1. The lowest BCUT2D eigenvalue weighted by Crippen LogP contribution is -2.47. The number of nitro groups is 1. The monoisotopic (exact) mass is 423 g/mol. The zero-order valence-corrected chi connectivity index (χ0v) is 17.0. The molecule has 2 aromatic rings. The Balaban J connectivity index is 2.23. The highest BCUT2D eigenvalue weighted by Gasteiger charge is 2.31. The van der Waals surface area contributed by atoms with Crippen LogP contribution in [0.4, 0.5) is 5.69 Å². The van der Waals surface area contributed by atoms with Crippen LogP contribution in [-0.2, 0) is 21.3 Å². The number of sulfonamides is 1. The van der Waals surface area contributed by atoms with Crippen molar-refractivity contribution in [3.05, 3.63) is 70.3 Å². The highest BCUT2D eigenvalue weighted by molar-refractivity contribution is 7.89. The molecule has 0 aromatic heterocycles. The Kier molecular flexibility index (Phi) is 7.82. The molecule has 9 nitrogen and oxygen atoms in total. The molecule has 0 aliphatic carbocycles. The topological polar surface area (TPSA) is 136 Å². The molecule has 0 heterocycles. The van der Waals surface area contributed by atoms with Gasteiger partial charge in [0.2, 0.25) is 0 Å². The van der Waals surface area contributed by atoms with Gasteiger partial charge in [-0.05, 0) is 31.9 Å². The molecule has 1 unspecified atom stereocenters. The van der Waals surface area contributed by atoms with Crippen LogP contribution in [0, 0.1) is 10.1 Å². The van der Waals surface area contributed by atoms with Crippen molar-refractivity contribution in [2.45, 2.75) is 43.4 Å². The van der Waals surface area contributed by atoms with E-state index in [1.807, 2.05) is 30.3 Å². The van der Waals surface area contributed by atoms with Gasteiger partial charge in [-0.25, -0.2) is 8.42 Å². The van der Waals surface area contributed by atoms with E-state index in [4.69, 9.17) is 10.6 Å². The number of aliphatic hydroxyl groups excluding tert-OH is 1. The van der Waals surface area contributed by atoms with Crippen molar-refractivity contribution >= 4 is 15.7 Å². The first-order valence-corrected chi connectivity index (χ1v) is 10.5. The summed E-state index contributed by atoms with van der Waals surface area (Å²) in [6, 6.07) is 13.2. The number of rotatable bonds is 10. The molecular formula is C19H25N3O6S. The highest BCUT2D eigenvalue weighted by Crippen LogP contribution is 2.22. The van der Waals surface area contributed by atoms with Gasteiger partial charge in [0.25, 0.3) is 15.7 Å². The van der Waals surface area contributed by atoms with Crippen molar-refractivity contribution in [2.75, 3.05) is 6.54 Å². The molecule has 0 spiro atoms. The van der Waals surface area contributed by atoms with Crippen molar-refractivity contribution < 1.29 is 23.3 Å². The molecule has 158 valence electrons. The maximum atomic E-state index is 13.0. The number of nitro benzene ring substituents is 1. The zero-order chi connectivity index (χ0) is 21.6. The molecule has 0 aliphatic heterocycles. The van der Waals surface area contributed by atoms with Gasteiger partial charge in [-0.15, -0.1) is 0 Å². The van der Waals surface area contributed by atoms with E-state index >= 15 is 0 Å². The minimum Gasteiger partial charge on any atom is -0.390 e. The van der Waals surface area contributed by atoms with E-state index in [2.05, 4.69) is 0 Å². The Morgan fingerprint density at radius 3 is 2.41 bits per heavy atom. The van der Waals surface area contributed by atoms with E-state index in [0.717, 1.165) is 11.6 Å². The van der Waals surface area contributed by atoms with Crippen LogP contribution in [0.1, 0.15) is 19.4 Å². The Morgan fingerprint density at radius 1 is 1.17 bits per heavy atom. The second-order valence-corrected chi connectivity index (χ2v) is 8.65. The van der Waals surface area contributed by atoms with Crippen molar-refractivity contribution in [3.63, 3.8) is 0 Å². The van der Waals surface area contributed by atoms with Gasteiger partial charge in [0.1, 0.15) is 0 Å². The molecule has 2 aromatic carbocycles. The predicted octanol–water partition coefficient (Wildman–Crippen LogP) is 1.86. The molecule has 0 bridgehead atoms. The summed E-state index contributed by atoms with van der Waals surface area (Å²) in [6.45, 7) is 2.84. The molecule has 0 saturated heterocycles. The third-order valence-electron chi connectivity index (χ3n) is 4.07. The fraction of sp³-hybridized carbons (Fsp3) is 0.368. The van der Waals surface area contributed by atoms with E-state index in [-0.39, 0.29) is 10.6 Å². The number of nitrogens with two attached hydrogens (primary N) is 1. The minimum absolute atomic E-state index is 0.309. The van der Waals surface area contributed by atoms with Crippen molar-refractivity contribution in [1.82, 2.24) is 4.47 Å². The Bertz CT molecular complexity index is 921. The second kappa shape index (κ2) is 9.90. The molecular weight excluding hydrogens is 398 g/mol. The SMILES string of the molecule is CC(C)ON(CC(O)[C@@H](N)Cc1ccccc1)S(=O)(=O)c1cccc([N+](=O)[O-])c1. The summed E-state index contributed by atoms with van der Waals surface area (Å²) >= 11 is 0. The third kappa shape index (κ3) is 6.31. The van der Waals surface area contributed by atoms with E-state index < -0.39 is 39.7 Å². The molecule has 0 amide bonds. The highest BCUT2D eigenvalue weighted by atomic mass is 32.2. The van der Waals surface area contributed by atoms with Gasteiger partial charge in [-0.1, -0.05) is 40.9 Å². The fourth-order valence-corrected chi connectivity index (χ4v) is 4.01. The summed E-state index contributed by atoms with van der Waals surface area (Å²) in [5.41, 5.74) is 6.59. The zero-order valence-electron chi connectivity index (χ0n) is 16.2. The lowest BCUT2D eigenvalue weighted by atomic mass is 10.0. The summed E-state index contributed by atoms with van der Waals surface area (Å²) in [5.74, 6) is 0. The van der Waals surface area contributed by atoms with E-state index in [9.17, 15) is 23.6 Å². The van der Waals surface area contributed by atoms with Gasteiger partial charge in [0.15, 0.2) is 0 Å². The number of aliphatic hydroxyl groups is 1. The summed E-state index contributed by atoms with van der Waals surface area (Å²) in [5, 5.41) is 21.5. The number of non-ortho nitro benzene ring substituents is 1. The van der Waals surface area contributed by atoms with Crippen LogP contribution < -0.4 is 5.73 Å².